The van der Waals surface area contributed by atoms with Gasteiger partial charge in [-0.05, 0) is 32.1 Å². The number of aliphatic hydroxyl groups is 1. The van der Waals surface area contributed by atoms with E-state index in [1.165, 1.54) is 6.08 Å². The number of amides is 2. The molecule has 212 valence electrons. The molecule has 38 heavy (non-hydrogen) atoms. The molecule has 1 spiro atoms. The van der Waals surface area contributed by atoms with Gasteiger partial charge in [0, 0.05) is 45.9 Å². The summed E-state index contributed by atoms with van der Waals surface area (Å²) in [6.45, 7) is 14.3. The number of aliphatic hydroxyl groups excluding tert-OH is 1. The maximum Gasteiger partial charge on any atom is 0.313 e. The van der Waals surface area contributed by atoms with Crippen molar-refractivity contribution in [1.29, 1.82) is 0 Å². The second-order valence-electron chi connectivity index (χ2n) is 10.7. The van der Waals surface area contributed by atoms with E-state index in [0.29, 0.717) is 71.5 Å². The third-order valence-corrected chi connectivity index (χ3v) is 8.77. The number of nitrogens with zero attached hydrogens (tertiary/aromatic N) is 3. The Hall–Kier alpha value is -2.27. The number of morpholine rings is 1. The molecule has 10 heteroatoms. The predicted octanol–water partition coefficient (Wildman–Crippen LogP) is 0.990. The number of unbranched alkanes of at least 4 members (excludes halogenated alkanes) is 1. The van der Waals surface area contributed by atoms with E-state index in [4.69, 9.17) is 14.2 Å². The third-order valence-electron chi connectivity index (χ3n) is 8.77. The second kappa shape index (κ2) is 12.3. The molecule has 5 atom stereocenters. The van der Waals surface area contributed by atoms with Crippen LogP contribution in [0.2, 0.25) is 0 Å². The molecule has 2 bridgehead atoms. The van der Waals surface area contributed by atoms with Crippen LogP contribution >= 0.6 is 0 Å². The van der Waals surface area contributed by atoms with Crippen LogP contribution in [0.15, 0.2) is 25.3 Å². The molecule has 0 aromatic heterocycles. The maximum absolute atomic E-state index is 14.3. The van der Waals surface area contributed by atoms with Gasteiger partial charge in [-0.25, -0.2) is 0 Å². The second-order valence-corrected chi connectivity index (χ2v) is 10.7. The number of esters is 1. The Balaban J connectivity index is 1.66. The summed E-state index contributed by atoms with van der Waals surface area (Å²) >= 11 is 0. The van der Waals surface area contributed by atoms with Crippen LogP contribution in [-0.2, 0) is 28.6 Å². The van der Waals surface area contributed by atoms with E-state index in [2.05, 4.69) is 18.1 Å². The minimum Gasteiger partial charge on any atom is -0.461 e. The summed E-state index contributed by atoms with van der Waals surface area (Å²) in [5.74, 6) is -2.42. The highest BCUT2D eigenvalue weighted by molar-refractivity contribution is 5.98. The lowest BCUT2D eigenvalue weighted by atomic mass is 9.65. The van der Waals surface area contributed by atoms with Crippen LogP contribution in [0.4, 0.5) is 0 Å². The van der Waals surface area contributed by atoms with Crippen molar-refractivity contribution in [2.45, 2.75) is 56.3 Å². The van der Waals surface area contributed by atoms with Gasteiger partial charge in [0.25, 0.3) is 0 Å². The van der Waals surface area contributed by atoms with Gasteiger partial charge in [-0.3, -0.25) is 19.3 Å². The molecule has 4 saturated heterocycles. The van der Waals surface area contributed by atoms with Gasteiger partial charge in [0.1, 0.15) is 24.2 Å². The zero-order valence-corrected chi connectivity index (χ0v) is 22.6. The van der Waals surface area contributed by atoms with Gasteiger partial charge in [-0.15, -0.1) is 6.58 Å². The Morgan fingerprint density at radius 2 is 1.95 bits per heavy atom. The largest absolute Gasteiger partial charge is 0.461 e. The van der Waals surface area contributed by atoms with Crippen molar-refractivity contribution in [2.24, 2.45) is 11.8 Å². The van der Waals surface area contributed by atoms with Crippen LogP contribution in [-0.4, -0.2) is 121 Å². The summed E-state index contributed by atoms with van der Waals surface area (Å²) < 4.78 is 17.7. The average Bonchev–Trinajstić information content (AvgIpc) is 3.54. The number of carbonyl (C=O) groups excluding carboxylic acids is 3. The molecule has 0 radical (unpaired) electrons. The average molecular weight is 534 g/mol. The quantitative estimate of drug-likeness (QED) is 0.200. The molecule has 0 aromatic carbocycles. The van der Waals surface area contributed by atoms with Gasteiger partial charge in [-0.2, -0.15) is 0 Å². The molecular weight excluding hydrogens is 490 g/mol. The molecular formula is C28H43N3O7. The fourth-order valence-corrected chi connectivity index (χ4v) is 6.93. The van der Waals surface area contributed by atoms with Crippen LogP contribution in [0.5, 0.6) is 0 Å². The first-order valence-corrected chi connectivity index (χ1v) is 14.0. The van der Waals surface area contributed by atoms with Gasteiger partial charge >= 0.3 is 5.97 Å². The zero-order chi connectivity index (χ0) is 27.3. The van der Waals surface area contributed by atoms with Gasteiger partial charge in [-0.1, -0.05) is 25.7 Å². The van der Waals surface area contributed by atoms with E-state index >= 15 is 0 Å². The highest BCUT2D eigenvalue weighted by Crippen LogP contribution is 2.64. The molecule has 0 aromatic rings. The Morgan fingerprint density at radius 1 is 1.18 bits per heavy atom. The van der Waals surface area contributed by atoms with Crippen molar-refractivity contribution in [1.82, 2.24) is 14.7 Å². The van der Waals surface area contributed by atoms with Crippen molar-refractivity contribution in [3.8, 4) is 0 Å². The molecule has 4 fully saturated rings. The van der Waals surface area contributed by atoms with E-state index in [0.717, 1.165) is 13.1 Å². The molecule has 10 nitrogen and oxygen atoms in total. The Labute approximate surface area is 225 Å². The lowest BCUT2D eigenvalue weighted by Crippen LogP contribution is -2.57. The van der Waals surface area contributed by atoms with Gasteiger partial charge in [0.05, 0.1) is 24.7 Å². The fraction of sp³-hybridized carbons (Fsp3) is 0.750. The molecule has 2 unspecified atom stereocenters. The van der Waals surface area contributed by atoms with Crippen molar-refractivity contribution < 1.29 is 33.7 Å². The summed E-state index contributed by atoms with van der Waals surface area (Å²) in [7, 11) is 0. The van der Waals surface area contributed by atoms with E-state index in [1.807, 2.05) is 6.92 Å². The number of carbonyl (C=O) groups is 3. The van der Waals surface area contributed by atoms with Crippen molar-refractivity contribution in [3.63, 3.8) is 0 Å². The van der Waals surface area contributed by atoms with Gasteiger partial charge in [0.15, 0.2) is 0 Å². The summed E-state index contributed by atoms with van der Waals surface area (Å²) in [6, 6.07) is -0.839. The first-order valence-electron chi connectivity index (χ1n) is 14.0. The van der Waals surface area contributed by atoms with Crippen LogP contribution in [0.25, 0.3) is 0 Å². The van der Waals surface area contributed by atoms with E-state index in [-0.39, 0.29) is 25.0 Å². The highest BCUT2D eigenvalue weighted by Gasteiger charge is 2.79. The molecule has 2 amide bonds. The van der Waals surface area contributed by atoms with Gasteiger partial charge in [0.2, 0.25) is 11.8 Å². The van der Waals surface area contributed by atoms with Crippen molar-refractivity contribution >= 4 is 17.8 Å². The van der Waals surface area contributed by atoms with Crippen LogP contribution < -0.4 is 0 Å². The minimum atomic E-state index is -1.08. The van der Waals surface area contributed by atoms with E-state index < -0.39 is 35.0 Å². The Morgan fingerprint density at radius 3 is 2.61 bits per heavy atom. The Kier molecular flexibility index (Phi) is 9.28. The summed E-state index contributed by atoms with van der Waals surface area (Å²) in [5, 5.41) is 9.36. The number of likely N-dealkylation sites (tertiary alicyclic amines) is 1. The predicted molar refractivity (Wildman–Crippen MR) is 140 cm³/mol. The first kappa shape index (κ1) is 28.7. The minimum absolute atomic E-state index is 0.00328. The molecule has 0 aliphatic carbocycles. The zero-order valence-electron chi connectivity index (χ0n) is 22.6. The lowest BCUT2D eigenvalue weighted by Gasteiger charge is -2.37. The summed E-state index contributed by atoms with van der Waals surface area (Å²) in [4.78, 5) is 47.4. The lowest BCUT2D eigenvalue weighted by molar-refractivity contribution is -0.161. The summed E-state index contributed by atoms with van der Waals surface area (Å²) in [5.41, 5.74) is -1.91. The van der Waals surface area contributed by atoms with Gasteiger partial charge < -0.3 is 29.1 Å². The maximum atomic E-state index is 14.3. The SMILES string of the molecule is C=CCOC(=O)[C@H]1[C@H]2C(=O)N(CCCCO)C(C(=O)N(CC=C)CCN3CCOCC3)C23CC[C@]1(CC)O3. The number of hydrogen-bond acceptors (Lipinski definition) is 8. The van der Waals surface area contributed by atoms with E-state index in [9.17, 15) is 19.5 Å². The summed E-state index contributed by atoms with van der Waals surface area (Å²) in [6.07, 6.45) is 5.94. The van der Waals surface area contributed by atoms with Crippen LogP contribution in [0.1, 0.15) is 39.0 Å². The number of ether oxygens (including phenoxy) is 3. The smallest absolute Gasteiger partial charge is 0.313 e. The van der Waals surface area contributed by atoms with Crippen molar-refractivity contribution in [3.05, 3.63) is 25.3 Å². The van der Waals surface area contributed by atoms with Crippen LogP contribution in [0.3, 0.4) is 0 Å². The topological polar surface area (TPSA) is 109 Å². The number of rotatable bonds is 14. The first-order chi connectivity index (χ1) is 18.4. The molecule has 4 heterocycles. The third kappa shape index (κ3) is 5.03. The van der Waals surface area contributed by atoms with Crippen LogP contribution in [0, 0.1) is 11.8 Å². The molecule has 0 saturated carbocycles. The highest BCUT2D eigenvalue weighted by atomic mass is 16.6. The fourth-order valence-electron chi connectivity index (χ4n) is 6.93. The normalized spacial score (nSPS) is 32.3. The molecule has 1 N–H and O–H groups in total. The standard InChI is InChI=1S/C28H43N3O7/c1-4-11-30(14-13-29-15-19-36-20-16-29)25(34)23-28-10-9-27(6-3,38-28)22(26(35)37-18-5-2)21(28)24(33)31(23)12-7-8-17-32/h4-5,21-23,32H,1-2,6-20H2,3H3/t21-,22+,23?,27-,28?/m0/s1. The van der Waals surface area contributed by atoms with Crippen molar-refractivity contribution in [2.75, 3.05) is 65.7 Å². The molecule has 4 rings (SSSR count). The number of hydrogen-bond donors (Lipinski definition) is 1. The molecule has 4 aliphatic rings. The number of fused-ring (bicyclic) bond motifs is 1. The monoisotopic (exact) mass is 533 g/mol. The Bertz CT molecular complexity index is 907. The molecule has 4 aliphatic heterocycles. The van der Waals surface area contributed by atoms with E-state index in [1.54, 1.807) is 15.9 Å².